The maximum atomic E-state index is 14.5. The summed E-state index contributed by atoms with van der Waals surface area (Å²) in [6.07, 6.45) is 5.03. The highest BCUT2D eigenvalue weighted by molar-refractivity contribution is 5.90. The lowest BCUT2D eigenvalue weighted by Crippen LogP contribution is -2.33. The minimum atomic E-state index is -0.497. The molecule has 0 saturated carbocycles. The van der Waals surface area contributed by atoms with Gasteiger partial charge in [-0.15, -0.1) is 0 Å². The Morgan fingerprint density at radius 1 is 1.25 bits per heavy atom. The first-order chi connectivity index (χ1) is 13.4. The van der Waals surface area contributed by atoms with Gasteiger partial charge in [-0.25, -0.2) is 14.2 Å². The van der Waals surface area contributed by atoms with Crippen LogP contribution in [0.5, 0.6) is 0 Å². The summed E-state index contributed by atoms with van der Waals surface area (Å²) in [6.45, 7) is 3.52. The second-order valence-electron chi connectivity index (χ2n) is 6.61. The second kappa shape index (κ2) is 8.08. The van der Waals surface area contributed by atoms with Crippen LogP contribution in [0.3, 0.4) is 0 Å². The minimum absolute atomic E-state index is 0.0116. The van der Waals surface area contributed by atoms with Crippen LogP contribution >= 0.6 is 0 Å². The van der Waals surface area contributed by atoms with Crippen molar-refractivity contribution in [1.29, 1.82) is 0 Å². The summed E-state index contributed by atoms with van der Waals surface area (Å²) in [5, 5.41) is 5.45. The molecule has 0 bridgehead atoms. The van der Waals surface area contributed by atoms with Crippen LogP contribution in [-0.4, -0.2) is 20.1 Å². The fourth-order valence-corrected chi connectivity index (χ4v) is 3.00. The van der Waals surface area contributed by atoms with Crippen molar-refractivity contribution in [2.75, 3.05) is 5.32 Å². The minimum Gasteiger partial charge on any atom is -0.336 e. The van der Waals surface area contributed by atoms with E-state index in [0.717, 1.165) is 0 Å². The number of amides is 2. The zero-order valence-electron chi connectivity index (χ0n) is 15.9. The quantitative estimate of drug-likeness (QED) is 0.711. The Balaban J connectivity index is 1.80. The first-order valence-electron chi connectivity index (χ1n) is 8.85. The number of urea groups is 1. The molecule has 0 saturated heterocycles. The Kier molecular flexibility index (Phi) is 5.58. The number of pyridine rings is 1. The molecule has 0 aliphatic heterocycles. The van der Waals surface area contributed by atoms with Gasteiger partial charge in [0, 0.05) is 36.8 Å². The van der Waals surface area contributed by atoms with Crippen LogP contribution in [-0.2, 0) is 13.6 Å². The Bertz CT molecular complexity index is 1060. The number of benzene rings is 1. The van der Waals surface area contributed by atoms with Crippen LogP contribution in [0.15, 0.2) is 53.7 Å². The summed E-state index contributed by atoms with van der Waals surface area (Å²) in [4.78, 5) is 28.9. The lowest BCUT2D eigenvalue weighted by molar-refractivity contribution is 0.248. The van der Waals surface area contributed by atoms with Crippen molar-refractivity contribution in [2.24, 2.45) is 7.05 Å². The lowest BCUT2D eigenvalue weighted by Gasteiger charge is -2.17. The maximum Gasteiger partial charge on any atom is 0.319 e. The highest BCUT2D eigenvalue weighted by Crippen LogP contribution is 2.20. The van der Waals surface area contributed by atoms with E-state index >= 15 is 0 Å². The number of carbonyl (C=O) groups excluding carboxylic acids is 1. The molecule has 146 valence electrons. The fraction of sp³-hybridized carbons (Fsp3) is 0.250. The first kappa shape index (κ1) is 19.3. The largest absolute Gasteiger partial charge is 0.336 e. The summed E-state index contributed by atoms with van der Waals surface area (Å²) in [6, 6.07) is 7.02. The van der Waals surface area contributed by atoms with Gasteiger partial charge < -0.3 is 19.8 Å². The number of halogens is 1. The predicted molar refractivity (Wildman–Crippen MR) is 105 cm³/mol. The smallest absolute Gasteiger partial charge is 0.319 e. The third-order valence-electron chi connectivity index (χ3n) is 4.50. The van der Waals surface area contributed by atoms with Crippen LogP contribution in [0.1, 0.15) is 29.9 Å². The molecule has 0 fully saturated rings. The van der Waals surface area contributed by atoms with Gasteiger partial charge in [-0.2, -0.15) is 0 Å². The number of carbonyl (C=O) groups is 1. The average Bonchev–Trinajstić information content (AvgIpc) is 3.07. The molecule has 1 aromatic carbocycles. The molecule has 2 heterocycles. The van der Waals surface area contributed by atoms with E-state index in [1.165, 1.54) is 16.7 Å². The third kappa shape index (κ3) is 4.11. The van der Waals surface area contributed by atoms with Crippen LogP contribution in [0, 0.1) is 12.7 Å². The van der Waals surface area contributed by atoms with Crippen molar-refractivity contribution in [3.05, 3.63) is 82.0 Å². The molecule has 2 aromatic heterocycles. The van der Waals surface area contributed by atoms with Gasteiger partial charge in [-0.05, 0) is 32.0 Å². The number of nitrogens with one attached hydrogen (secondary N) is 2. The monoisotopic (exact) mass is 383 g/mol. The Morgan fingerprint density at radius 3 is 2.75 bits per heavy atom. The zero-order chi connectivity index (χ0) is 20.3. The molecule has 2 N–H and O–H groups in total. The average molecular weight is 383 g/mol. The number of aromatic nitrogens is 3. The number of imidazole rings is 1. The molecule has 0 spiro atoms. The second-order valence-corrected chi connectivity index (χ2v) is 6.61. The fourth-order valence-electron chi connectivity index (χ4n) is 3.00. The summed E-state index contributed by atoms with van der Waals surface area (Å²) < 4.78 is 17.7. The Hall–Kier alpha value is -3.42. The van der Waals surface area contributed by atoms with E-state index in [0.29, 0.717) is 17.1 Å². The molecule has 3 aromatic rings. The molecule has 3 rings (SSSR count). The van der Waals surface area contributed by atoms with Crippen molar-refractivity contribution >= 4 is 11.7 Å². The first-order valence-corrected chi connectivity index (χ1v) is 8.85. The van der Waals surface area contributed by atoms with Gasteiger partial charge in [0.15, 0.2) is 0 Å². The van der Waals surface area contributed by atoms with Gasteiger partial charge >= 0.3 is 6.03 Å². The number of hydrogen-bond acceptors (Lipinski definition) is 3. The van der Waals surface area contributed by atoms with Gasteiger partial charge in [-0.1, -0.05) is 12.1 Å². The maximum absolute atomic E-state index is 14.5. The highest BCUT2D eigenvalue weighted by Gasteiger charge is 2.16. The predicted octanol–water partition coefficient (Wildman–Crippen LogP) is 2.96. The van der Waals surface area contributed by atoms with Crippen LogP contribution in [0.25, 0.3) is 0 Å². The lowest BCUT2D eigenvalue weighted by atomic mass is 10.1. The van der Waals surface area contributed by atoms with E-state index in [9.17, 15) is 14.0 Å². The number of hydrogen-bond donors (Lipinski definition) is 2. The number of rotatable bonds is 5. The van der Waals surface area contributed by atoms with Crippen molar-refractivity contribution < 1.29 is 9.18 Å². The molecule has 2 amide bonds. The van der Waals surface area contributed by atoms with E-state index in [-0.39, 0.29) is 23.7 Å². The van der Waals surface area contributed by atoms with E-state index in [1.54, 1.807) is 50.6 Å². The molecule has 1 unspecified atom stereocenters. The molecule has 0 aliphatic carbocycles. The summed E-state index contributed by atoms with van der Waals surface area (Å²) in [7, 11) is 1.84. The van der Waals surface area contributed by atoms with E-state index in [1.807, 2.05) is 11.6 Å². The molecule has 0 aliphatic rings. The molecule has 8 heteroatoms. The van der Waals surface area contributed by atoms with Crippen molar-refractivity contribution in [2.45, 2.75) is 26.4 Å². The molecule has 1 atom stereocenters. The summed E-state index contributed by atoms with van der Waals surface area (Å²) in [5.41, 5.74) is 0.896. The summed E-state index contributed by atoms with van der Waals surface area (Å²) in [5.74, 6) is 0.198. The van der Waals surface area contributed by atoms with Crippen molar-refractivity contribution in [1.82, 2.24) is 19.4 Å². The van der Waals surface area contributed by atoms with Crippen LogP contribution in [0.4, 0.5) is 14.9 Å². The van der Waals surface area contributed by atoms with Crippen LogP contribution in [0.2, 0.25) is 0 Å². The summed E-state index contributed by atoms with van der Waals surface area (Å²) >= 11 is 0. The van der Waals surface area contributed by atoms with Gasteiger partial charge in [-0.3, -0.25) is 4.79 Å². The van der Waals surface area contributed by atoms with Gasteiger partial charge in [0.05, 0.1) is 18.3 Å². The molecule has 0 radical (unpaired) electrons. The highest BCUT2D eigenvalue weighted by atomic mass is 19.1. The molecule has 28 heavy (non-hydrogen) atoms. The van der Waals surface area contributed by atoms with Crippen molar-refractivity contribution in [3.63, 3.8) is 0 Å². The van der Waals surface area contributed by atoms with Crippen LogP contribution < -0.4 is 16.2 Å². The van der Waals surface area contributed by atoms with Crippen molar-refractivity contribution in [3.8, 4) is 0 Å². The zero-order valence-corrected chi connectivity index (χ0v) is 15.9. The van der Waals surface area contributed by atoms with Gasteiger partial charge in [0.2, 0.25) is 0 Å². The Morgan fingerprint density at radius 2 is 2.04 bits per heavy atom. The normalized spacial score (nSPS) is 11.9. The van der Waals surface area contributed by atoms with Gasteiger partial charge in [0.1, 0.15) is 11.6 Å². The molecule has 7 nitrogen and oxygen atoms in total. The van der Waals surface area contributed by atoms with E-state index in [2.05, 4.69) is 15.6 Å². The van der Waals surface area contributed by atoms with Gasteiger partial charge in [0.25, 0.3) is 5.56 Å². The SMILES string of the molecule is Cc1cccn(Cc2c(F)cccc2NC(=O)NC(C)c2nccn2C)c1=O. The molecular formula is C20H22FN5O2. The van der Waals surface area contributed by atoms with E-state index < -0.39 is 11.8 Å². The third-order valence-corrected chi connectivity index (χ3v) is 4.50. The Labute approximate surface area is 161 Å². The topological polar surface area (TPSA) is 81.0 Å². The number of aryl methyl sites for hydroxylation is 2. The standard InChI is InChI=1S/C20H22FN5O2/c1-13-6-5-10-26(19(13)27)12-15-16(21)7-4-8-17(15)24-20(28)23-14(2)18-22-9-11-25(18)3/h4-11,14H,12H2,1-3H3,(H2,23,24,28). The number of nitrogens with zero attached hydrogens (tertiary/aromatic N) is 3. The molecular weight excluding hydrogens is 361 g/mol. The number of anilines is 1. The van der Waals surface area contributed by atoms with E-state index in [4.69, 9.17) is 0 Å².